The molecule has 4 heterocycles. The number of nitrogens with zero attached hydrogens (tertiary/aromatic N) is 5. The summed E-state index contributed by atoms with van der Waals surface area (Å²) >= 11 is 0. The van der Waals surface area contributed by atoms with Crippen LogP contribution in [0.15, 0.2) is 55.2 Å². The molecule has 1 fully saturated rings. The highest BCUT2D eigenvalue weighted by molar-refractivity contribution is 5.94. The quantitative estimate of drug-likeness (QED) is 0.381. The van der Waals surface area contributed by atoms with E-state index in [1.54, 1.807) is 12.5 Å². The lowest BCUT2D eigenvalue weighted by Gasteiger charge is -2.15. The zero-order valence-electron chi connectivity index (χ0n) is 19.4. The van der Waals surface area contributed by atoms with Crippen molar-refractivity contribution in [1.29, 1.82) is 0 Å². The van der Waals surface area contributed by atoms with Crippen LogP contribution in [0.1, 0.15) is 52.4 Å². The fraction of sp³-hybridized carbons (Fsp3) is 0.259. The number of hydrogen-bond donors (Lipinski definition) is 2. The first kappa shape index (κ1) is 20.6. The van der Waals surface area contributed by atoms with Gasteiger partial charge in [0, 0.05) is 43.0 Å². The number of rotatable bonds is 6. The summed E-state index contributed by atoms with van der Waals surface area (Å²) in [5.41, 5.74) is 14.0. The molecule has 0 saturated heterocycles. The Bertz CT molecular complexity index is 1530. The summed E-state index contributed by atoms with van der Waals surface area (Å²) in [6.45, 7) is 4.92. The predicted octanol–water partition coefficient (Wildman–Crippen LogP) is 4.95. The minimum Gasteiger partial charge on any atom is -0.383 e. The average molecular weight is 450 g/mol. The van der Waals surface area contributed by atoms with Crippen molar-refractivity contribution in [2.24, 2.45) is 0 Å². The van der Waals surface area contributed by atoms with Crippen LogP contribution in [-0.4, -0.2) is 24.3 Å². The van der Waals surface area contributed by atoms with Crippen molar-refractivity contribution in [3.05, 3.63) is 88.9 Å². The summed E-state index contributed by atoms with van der Waals surface area (Å²) in [6, 6.07) is 10.5. The van der Waals surface area contributed by atoms with E-state index in [0.29, 0.717) is 18.8 Å². The monoisotopic (exact) mass is 449 g/mol. The van der Waals surface area contributed by atoms with Crippen molar-refractivity contribution in [2.45, 2.75) is 45.6 Å². The van der Waals surface area contributed by atoms with Crippen molar-refractivity contribution >= 4 is 28.1 Å². The van der Waals surface area contributed by atoms with Crippen LogP contribution in [0.25, 0.3) is 16.4 Å². The predicted molar refractivity (Wildman–Crippen MR) is 135 cm³/mol. The highest BCUT2D eigenvalue weighted by Gasteiger charge is 2.23. The first-order valence-corrected chi connectivity index (χ1v) is 11.7. The lowest BCUT2D eigenvalue weighted by molar-refractivity contribution is 0.985. The second-order valence-corrected chi connectivity index (χ2v) is 9.25. The molecule has 34 heavy (non-hydrogen) atoms. The standard InChI is InChI=1S/C27H27N7/c1-16-9-23-22(7-8-29-27(23)28)17(2)24(16)12-30-25-11-20(31-15-32-25)10-21-14-34-13-19(18-3-4-18)5-6-26(34)33-21/h5-9,11,13-15,18H,3-4,10,12H2,1-2H3,(H2,28,29)(H,30,31,32). The van der Waals surface area contributed by atoms with Crippen molar-refractivity contribution < 1.29 is 0 Å². The Labute approximate surface area is 198 Å². The minimum atomic E-state index is 0.569. The van der Waals surface area contributed by atoms with Crippen LogP contribution < -0.4 is 11.1 Å². The Balaban J connectivity index is 1.21. The van der Waals surface area contributed by atoms with E-state index < -0.39 is 0 Å². The fourth-order valence-electron chi connectivity index (χ4n) is 4.76. The number of fused-ring (bicyclic) bond motifs is 2. The molecule has 0 atom stereocenters. The van der Waals surface area contributed by atoms with Crippen molar-refractivity contribution in [2.75, 3.05) is 11.1 Å². The SMILES string of the molecule is Cc1cc2c(N)nccc2c(C)c1CNc1cc(Cc2cn3cc(C4CC4)ccc3n2)ncn1. The molecule has 1 saturated carbocycles. The molecule has 6 rings (SSSR count). The molecule has 0 spiro atoms. The van der Waals surface area contributed by atoms with E-state index in [1.165, 1.54) is 35.1 Å². The molecule has 7 heteroatoms. The number of pyridine rings is 2. The Morgan fingerprint density at radius 2 is 1.88 bits per heavy atom. The molecular formula is C27H27N7. The van der Waals surface area contributed by atoms with E-state index in [9.17, 15) is 0 Å². The molecule has 1 aromatic carbocycles. The summed E-state index contributed by atoms with van der Waals surface area (Å²) in [7, 11) is 0. The summed E-state index contributed by atoms with van der Waals surface area (Å²) in [5, 5.41) is 5.61. The van der Waals surface area contributed by atoms with Gasteiger partial charge in [-0.15, -0.1) is 0 Å². The number of anilines is 2. The molecule has 0 unspecified atom stereocenters. The van der Waals surface area contributed by atoms with Crippen LogP contribution in [-0.2, 0) is 13.0 Å². The normalized spacial score (nSPS) is 13.6. The van der Waals surface area contributed by atoms with Crippen molar-refractivity contribution in [3.8, 4) is 0 Å². The first-order chi connectivity index (χ1) is 16.5. The topological polar surface area (TPSA) is 94.0 Å². The maximum absolute atomic E-state index is 6.09. The average Bonchev–Trinajstić information content (AvgIpc) is 3.60. The second-order valence-electron chi connectivity index (χ2n) is 9.25. The van der Waals surface area contributed by atoms with Gasteiger partial charge < -0.3 is 15.5 Å². The number of benzene rings is 1. The van der Waals surface area contributed by atoms with Gasteiger partial charge in [0.2, 0.25) is 0 Å². The number of nitrogen functional groups attached to an aromatic ring is 1. The van der Waals surface area contributed by atoms with Crippen LogP contribution in [0.2, 0.25) is 0 Å². The van der Waals surface area contributed by atoms with Gasteiger partial charge >= 0.3 is 0 Å². The van der Waals surface area contributed by atoms with Crippen LogP contribution in [0.5, 0.6) is 0 Å². The fourth-order valence-corrected chi connectivity index (χ4v) is 4.76. The number of hydrogen-bond acceptors (Lipinski definition) is 6. The third-order valence-corrected chi connectivity index (χ3v) is 6.82. The van der Waals surface area contributed by atoms with Gasteiger partial charge in [-0.2, -0.15) is 0 Å². The molecule has 4 aromatic heterocycles. The molecule has 1 aliphatic carbocycles. The van der Waals surface area contributed by atoms with E-state index >= 15 is 0 Å². The molecule has 1 aliphatic rings. The van der Waals surface area contributed by atoms with Crippen molar-refractivity contribution in [3.63, 3.8) is 0 Å². The third kappa shape index (κ3) is 3.83. The zero-order valence-corrected chi connectivity index (χ0v) is 19.4. The van der Waals surface area contributed by atoms with Crippen LogP contribution in [0.4, 0.5) is 11.6 Å². The highest BCUT2D eigenvalue weighted by atomic mass is 15.0. The van der Waals surface area contributed by atoms with Gasteiger partial charge in [-0.3, -0.25) is 0 Å². The molecule has 0 bridgehead atoms. The molecule has 0 aliphatic heterocycles. The van der Waals surface area contributed by atoms with E-state index in [1.807, 2.05) is 12.1 Å². The molecular weight excluding hydrogens is 422 g/mol. The Kier molecular flexibility index (Phi) is 4.90. The van der Waals surface area contributed by atoms with Crippen LogP contribution in [0, 0.1) is 13.8 Å². The van der Waals surface area contributed by atoms with Gasteiger partial charge in [-0.05, 0) is 78.4 Å². The number of imidazole rings is 1. The van der Waals surface area contributed by atoms with E-state index in [2.05, 4.69) is 69.1 Å². The van der Waals surface area contributed by atoms with E-state index in [4.69, 9.17) is 10.7 Å². The Hall–Kier alpha value is -4.00. The van der Waals surface area contributed by atoms with E-state index in [0.717, 1.165) is 39.5 Å². The van der Waals surface area contributed by atoms with Gasteiger partial charge in [0.05, 0.1) is 11.4 Å². The highest BCUT2D eigenvalue weighted by Crippen LogP contribution is 2.39. The van der Waals surface area contributed by atoms with Gasteiger partial charge in [0.25, 0.3) is 0 Å². The summed E-state index contributed by atoms with van der Waals surface area (Å²) < 4.78 is 2.14. The molecule has 3 N–H and O–H groups in total. The lowest BCUT2D eigenvalue weighted by atomic mass is 9.96. The van der Waals surface area contributed by atoms with Crippen molar-refractivity contribution in [1.82, 2.24) is 24.3 Å². The van der Waals surface area contributed by atoms with Crippen LogP contribution in [0.3, 0.4) is 0 Å². The van der Waals surface area contributed by atoms with Gasteiger partial charge in [0.1, 0.15) is 23.6 Å². The largest absolute Gasteiger partial charge is 0.383 e. The molecule has 0 amide bonds. The summed E-state index contributed by atoms with van der Waals surface area (Å²) in [6.07, 6.45) is 11.0. The van der Waals surface area contributed by atoms with Crippen LogP contribution >= 0.6 is 0 Å². The summed E-state index contributed by atoms with van der Waals surface area (Å²) in [4.78, 5) is 17.9. The maximum atomic E-state index is 6.09. The molecule has 0 radical (unpaired) electrons. The maximum Gasteiger partial charge on any atom is 0.137 e. The number of aryl methyl sites for hydroxylation is 2. The van der Waals surface area contributed by atoms with Gasteiger partial charge in [-0.25, -0.2) is 19.9 Å². The first-order valence-electron chi connectivity index (χ1n) is 11.7. The molecule has 170 valence electrons. The number of nitrogens with one attached hydrogen (secondary N) is 1. The second kappa shape index (κ2) is 8.09. The molecule has 7 nitrogen and oxygen atoms in total. The Morgan fingerprint density at radius 1 is 1.00 bits per heavy atom. The number of nitrogens with two attached hydrogens (primary N) is 1. The lowest BCUT2D eigenvalue weighted by Crippen LogP contribution is -2.07. The number of aromatic nitrogens is 5. The Morgan fingerprint density at radius 3 is 2.74 bits per heavy atom. The smallest absolute Gasteiger partial charge is 0.137 e. The third-order valence-electron chi connectivity index (χ3n) is 6.82. The van der Waals surface area contributed by atoms with Gasteiger partial charge in [-0.1, -0.05) is 6.07 Å². The zero-order chi connectivity index (χ0) is 23.2. The van der Waals surface area contributed by atoms with E-state index in [-0.39, 0.29) is 0 Å². The van der Waals surface area contributed by atoms with Gasteiger partial charge in [0.15, 0.2) is 0 Å². The summed E-state index contributed by atoms with van der Waals surface area (Å²) in [5.74, 6) is 2.10. The minimum absolute atomic E-state index is 0.569. The molecule has 5 aromatic rings.